The Kier molecular flexibility index (Phi) is 4.73. The van der Waals surface area contributed by atoms with Crippen molar-refractivity contribution in [3.8, 4) is 0 Å². The highest BCUT2D eigenvalue weighted by molar-refractivity contribution is 9.10. The SMILES string of the molecule is O=C(Nc1ccc(CCl)cc1)c1c(F)cc(Br)cc1F. The van der Waals surface area contributed by atoms with Crippen molar-refractivity contribution in [1.82, 2.24) is 0 Å². The standard InChI is InChI=1S/C14H9BrClF2NO/c15-9-5-11(17)13(12(18)6-9)14(20)19-10-3-1-8(7-16)2-4-10/h1-6H,7H2,(H,19,20). The molecule has 2 aromatic rings. The summed E-state index contributed by atoms with van der Waals surface area (Å²) in [6.07, 6.45) is 0. The third kappa shape index (κ3) is 3.35. The minimum Gasteiger partial charge on any atom is -0.322 e. The zero-order valence-electron chi connectivity index (χ0n) is 10.1. The highest BCUT2D eigenvalue weighted by atomic mass is 79.9. The average molecular weight is 361 g/mol. The summed E-state index contributed by atoms with van der Waals surface area (Å²) in [6.45, 7) is 0. The van der Waals surface area contributed by atoms with Gasteiger partial charge in [-0.2, -0.15) is 0 Å². The smallest absolute Gasteiger partial charge is 0.261 e. The van der Waals surface area contributed by atoms with E-state index in [2.05, 4.69) is 21.2 Å². The van der Waals surface area contributed by atoms with E-state index in [0.717, 1.165) is 17.7 Å². The van der Waals surface area contributed by atoms with Crippen molar-refractivity contribution in [3.63, 3.8) is 0 Å². The Bertz CT molecular complexity index is 623. The van der Waals surface area contributed by atoms with Crippen molar-refractivity contribution in [2.75, 3.05) is 5.32 Å². The number of alkyl halides is 1. The fourth-order valence-electron chi connectivity index (χ4n) is 1.63. The Hall–Kier alpha value is -1.46. The van der Waals surface area contributed by atoms with E-state index in [1.54, 1.807) is 24.3 Å². The predicted molar refractivity (Wildman–Crippen MR) is 78.0 cm³/mol. The number of carbonyl (C=O) groups is 1. The van der Waals surface area contributed by atoms with Gasteiger partial charge in [0.2, 0.25) is 0 Å². The number of benzene rings is 2. The van der Waals surface area contributed by atoms with Crippen LogP contribution in [0, 0.1) is 11.6 Å². The first-order valence-corrected chi connectivity index (χ1v) is 6.95. The van der Waals surface area contributed by atoms with Crippen LogP contribution in [0.25, 0.3) is 0 Å². The normalized spacial score (nSPS) is 10.4. The lowest BCUT2D eigenvalue weighted by atomic mass is 10.1. The Morgan fingerprint density at radius 3 is 2.20 bits per heavy atom. The Morgan fingerprint density at radius 2 is 1.70 bits per heavy atom. The fourth-order valence-corrected chi connectivity index (χ4v) is 2.21. The molecule has 0 aliphatic carbocycles. The molecule has 0 atom stereocenters. The Morgan fingerprint density at radius 1 is 1.15 bits per heavy atom. The van der Waals surface area contributed by atoms with E-state index in [0.29, 0.717) is 11.6 Å². The molecule has 0 aromatic heterocycles. The van der Waals surface area contributed by atoms with Crippen LogP contribution in [0.1, 0.15) is 15.9 Å². The van der Waals surface area contributed by atoms with Gasteiger partial charge >= 0.3 is 0 Å². The maximum atomic E-state index is 13.6. The van der Waals surface area contributed by atoms with Crippen molar-refractivity contribution in [2.45, 2.75) is 5.88 Å². The minimum atomic E-state index is -0.924. The number of rotatable bonds is 3. The molecule has 1 N–H and O–H groups in total. The number of hydrogen-bond donors (Lipinski definition) is 1. The molecule has 6 heteroatoms. The molecule has 1 amide bonds. The second-order valence-electron chi connectivity index (χ2n) is 4.03. The molecule has 0 aliphatic rings. The molecular weight excluding hydrogens is 352 g/mol. The van der Waals surface area contributed by atoms with Crippen LogP contribution in [-0.2, 0) is 5.88 Å². The molecule has 0 saturated carbocycles. The van der Waals surface area contributed by atoms with Crippen molar-refractivity contribution in [3.05, 3.63) is 63.6 Å². The van der Waals surface area contributed by atoms with E-state index in [4.69, 9.17) is 11.6 Å². The molecule has 104 valence electrons. The number of amides is 1. The highest BCUT2D eigenvalue weighted by Gasteiger charge is 2.18. The van der Waals surface area contributed by atoms with Gasteiger partial charge in [0.25, 0.3) is 5.91 Å². The van der Waals surface area contributed by atoms with Crippen molar-refractivity contribution in [2.24, 2.45) is 0 Å². The lowest BCUT2D eigenvalue weighted by Crippen LogP contribution is -2.16. The van der Waals surface area contributed by atoms with Gasteiger partial charge in [0, 0.05) is 16.0 Å². The van der Waals surface area contributed by atoms with Crippen LogP contribution in [0.4, 0.5) is 14.5 Å². The lowest BCUT2D eigenvalue weighted by Gasteiger charge is -2.08. The van der Waals surface area contributed by atoms with E-state index in [9.17, 15) is 13.6 Å². The second kappa shape index (κ2) is 6.33. The molecule has 0 bridgehead atoms. The number of hydrogen-bond acceptors (Lipinski definition) is 1. The molecular formula is C14H9BrClF2NO. The van der Waals surface area contributed by atoms with Gasteiger partial charge in [-0.05, 0) is 29.8 Å². The van der Waals surface area contributed by atoms with Crippen LogP contribution >= 0.6 is 27.5 Å². The van der Waals surface area contributed by atoms with Crippen LogP contribution in [0.15, 0.2) is 40.9 Å². The zero-order chi connectivity index (χ0) is 14.7. The molecule has 2 rings (SSSR count). The third-order valence-electron chi connectivity index (χ3n) is 2.60. The van der Waals surface area contributed by atoms with E-state index in [1.807, 2.05) is 0 Å². The summed E-state index contributed by atoms with van der Waals surface area (Å²) in [5.74, 6) is -2.34. The quantitative estimate of drug-likeness (QED) is 0.789. The van der Waals surface area contributed by atoms with E-state index in [1.165, 1.54) is 0 Å². The summed E-state index contributed by atoms with van der Waals surface area (Å²) >= 11 is 8.60. The zero-order valence-corrected chi connectivity index (χ0v) is 12.4. The van der Waals surface area contributed by atoms with Gasteiger partial charge in [0.1, 0.15) is 17.2 Å². The van der Waals surface area contributed by atoms with Gasteiger partial charge in [-0.1, -0.05) is 28.1 Å². The molecule has 2 aromatic carbocycles. The molecule has 0 heterocycles. The molecule has 0 aliphatic heterocycles. The van der Waals surface area contributed by atoms with Gasteiger partial charge in [-0.3, -0.25) is 4.79 Å². The van der Waals surface area contributed by atoms with Crippen LogP contribution in [0.3, 0.4) is 0 Å². The lowest BCUT2D eigenvalue weighted by molar-refractivity contribution is 0.101. The summed E-state index contributed by atoms with van der Waals surface area (Å²) in [5.41, 5.74) is 0.700. The van der Waals surface area contributed by atoms with Crippen LogP contribution in [0.5, 0.6) is 0 Å². The molecule has 0 radical (unpaired) electrons. The van der Waals surface area contributed by atoms with Gasteiger partial charge in [0.15, 0.2) is 0 Å². The molecule has 0 saturated heterocycles. The van der Waals surface area contributed by atoms with E-state index in [-0.39, 0.29) is 4.47 Å². The van der Waals surface area contributed by atoms with Crippen LogP contribution in [-0.4, -0.2) is 5.91 Å². The van der Waals surface area contributed by atoms with Gasteiger partial charge in [0.05, 0.1) is 0 Å². The summed E-state index contributed by atoms with van der Waals surface area (Å²) in [4.78, 5) is 11.9. The van der Waals surface area contributed by atoms with Gasteiger partial charge in [-0.15, -0.1) is 11.6 Å². The fraction of sp³-hybridized carbons (Fsp3) is 0.0714. The predicted octanol–water partition coefficient (Wildman–Crippen LogP) is 4.72. The molecule has 20 heavy (non-hydrogen) atoms. The highest BCUT2D eigenvalue weighted by Crippen LogP contribution is 2.21. The molecule has 0 unspecified atom stereocenters. The minimum absolute atomic E-state index is 0.232. The van der Waals surface area contributed by atoms with Crippen molar-refractivity contribution < 1.29 is 13.6 Å². The topological polar surface area (TPSA) is 29.1 Å². The van der Waals surface area contributed by atoms with E-state index >= 15 is 0 Å². The number of nitrogens with one attached hydrogen (secondary N) is 1. The summed E-state index contributed by atoms with van der Waals surface area (Å²) in [6, 6.07) is 8.74. The first-order valence-electron chi connectivity index (χ1n) is 5.62. The first-order chi connectivity index (χ1) is 9.51. The summed E-state index contributed by atoms with van der Waals surface area (Å²) < 4.78 is 27.5. The second-order valence-corrected chi connectivity index (χ2v) is 5.21. The van der Waals surface area contributed by atoms with Crippen molar-refractivity contribution in [1.29, 1.82) is 0 Å². The summed E-state index contributed by atoms with van der Waals surface area (Å²) in [7, 11) is 0. The number of halogens is 4. The van der Waals surface area contributed by atoms with Crippen LogP contribution < -0.4 is 5.32 Å². The van der Waals surface area contributed by atoms with Crippen molar-refractivity contribution >= 4 is 39.1 Å². The third-order valence-corrected chi connectivity index (χ3v) is 3.37. The van der Waals surface area contributed by atoms with E-state index < -0.39 is 23.1 Å². The van der Waals surface area contributed by atoms with Crippen LogP contribution in [0.2, 0.25) is 0 Å². The van der Waals surface area contributed by atoms with Gasteiger partial charge in [-0.25, -0.2) is 8.78 Å². The van der Waals surface area contributed by atoms with Gasteiger partial charge < -0.3 is 5.32 Å². The summed E-state index contributed by atoms with van der Waals surface area (Å²) in [5, 5.41) is 2.43. The average Bonchev–Trinajstić information content (AvgIpc) is 2.38. The Balaban J connectivity index is 2.23. The molecule has 0 fully saturated rings. The largest absolute Gasteiger partial charge is 0.322 e. The first kappa shape index (κ1) is 14.9. The Labute approximate surface area is 127 Å². The number of carbonyl (C=O) groups excluding carboxylic acids is 1. The monoisotopic (exact) mass is 359 g/mol. The number of anilines is 1. The maximum absolute atomic E-state index is 13.6. The molecule has 0 spiro atoms. The molecule has 2 nitrogen and oxygen atoms in total. The maximum Gasteiger partial charge on any atom is 0.261 e.